The van der Waals surface area contributed by atoms with Crippen molar-refractivity contribution in [3.63, 3.8) is 0 Å². The first-order valence-corrected chi connectivity index (χ1v) is 12.4. The first kappa shape index (κ1) is 36.1. The Balaban J connectivity index is 1.83. The molecule has 3 aromatic carbocycles. The third kappa shape index (κ3) is 5.44. The molecule has 0 aliphatic carbocycles. The van der Waals surface area contributed by atoms with E-state index in [2.05, 4.69) is 0 Å². The maximum Gasteiger partial charge on any atom is 0.460 e. The van der Waals surface area contributed by atoms with Gasteiger partial charge in [-0.1, -0.05) is 48.5 Å². The Bertz CT molecular complexity index is 1500. The van der Waals surface area contributed by atoms with E-state index >= 15 is 0 Å². The third-order valence-corrected chi connectivity index (χ3v) is 6.98. The van der Waals surface area contributed by atoms with Crippen LogP contribution < -0.4 is 0 Å². The fraction of sp³-hybridized carbons (Fsp3) is 0.444. The van der Waals surface area contributed by atoms with E-state index in [0.717, 1.165) is 0 Å². The monoisotopic (exact) mass is 680 g/mol. The Kier molecular flexibility index (Phi) is 8.97. The number of hydrogen-bond acceptors (Lipinski definition) is 1. The fourth-order valence-electron chi connectivity index (χ4n) is 4.43. The number of unbranched alkanes of at least 4 members (excludes halogenated alkanes) is 1. The molecule has 3 rings (SSSR count). The van der Waals surface area contributed by atoms with Gasteiger partial charge in [0.2, 0.25) is 0 Å². The van der Waals surface area contributed by atoms with Gasteiger partial charge in [0.15, 0.2) is 5.78 Å². The Morgan fingerprint density at radius 3 is 1.29 bits per heavy atom. The highest BCUT2D eigenvalue weighted by atomic mass is 19.4. The van der Waals surface area contributed by atoms with E-state index in [1.54, 1.807) is 30.3 Å². The highest BCUT2D eigenvalue weighted by Gasteiger charge is 2.95. The van der Waals surface area contributed by atoms with Gasteiger partial charge < -0.3 is 0 Å². The molecule has 0 saturated heterocycles. The number of carbonyl (C=O) groups is 1. The Hall–Kier alpha value is -3.34. The number of hydrogen-bond donors (Lipinski definition) is 0. The lowest BCUT2D eigenvalue weighted by atomic mass is 9.87. The zero-order chi connectivity index (χ0) is 34.7. The summed E-state index contributed by atoms with van der Waals surface area (Å²) >= 11 is 0. The molecule has 0 heterocycles. The van der Waals surface area contributed by atoms with E-state index < -0.39 is 79.1 Å². The van der Waals surface area contributed by atoms with Gasteiger partial charge in [-0.25, -0.2) is 0 Å². The van der Waals surface area contributed by atoms with Gasteiger partial charge in [-0.15, -0.1) is 0 Å². The van der Waals surface area contributed by atoms with Crippen molar-refractivity contribution in [3.8, 4) is 0 Å². The molecule has 250 valence electrons. The number of ketones is 1. The van der Waals surface area contributed by atoms with Crippen molar-refractivity contribution in [2.75, 3.05) is 0 Å². The van der Waals surface area contributed by atoms with Crippen molar-refractivity contribution in [2.24, 2.45) is 0 Å². The molecular formula is C27H17F17O. The zero-order valence-corrected chi connectivity index (χ0v) is 21.9. The molecule has 1 nitrogen and oxygen atoms in total. The van der Waals surface area contributed by atoms with Crippen molar-refractivity contribution in [2.45, 2.75) is 73.3 Å². The van der Waals surface area contributed by atoms with Crippen LogP contribution in [0.3, 0.4) is 0 Å². The molecule has 0 bridgehead atoms. The Morgan fingerprint density at radius 2 is 0.867 bits per heavy atom. The summed E-state index contributed by atoms with van der Waals surface area (Å²) in [5.74, 6) is -57.3. The van der Waals surface area contributed by atoms with E-state index in [1.807, 2.05) is 0 Å². The van der Waals surface area contributed by atoms with Crippen LogP contribution in [0.1, 0.15) is 36.0 Å². The van der Waals surface area contributed by atoms with Gasteiger partial charge in [-0.05, 0) is 40.5 Å². The summed E-state index contributed by atoms with van der Waals surface area (Å²) in [5, 5.41) is 1.83. The van der Waals surface area contributed by atoms with E-state index in [0.29, 0.717) is 21.5 Å². The van der Waals surface area contributed by atoms with Crippen LogP contribution in [-0.2, 0) is 0 Å². The Labute approximate surface area is 241 Å². The number of benzene rings is 3. The van der Waals surface area contributed by atoms with Crippen LogP contribution in [0.4, 0.5) is 74.6 Å². The molecule has 0 fully saturated rings. The van der Waals surface area contributed by atoms with Crippen molar-refractivity contribution >= 4 is 27.3 Å². The molecule has 0 aromatic heterocycles. The molecular weight excluding hydrogens is 663 g/mol. The summed E-state index contributed by atoms with van der Waals surface area (Å²) in [5.41, 5.74) is 0.0470. The molecule has 45 heavy (non-hydrogen) atoms. The second-order valence-corrected chi connectivity index (χ2v) is 9.97. The van der Waals surface area contributed by atoms with Crippen LogP contribution in [-0.4, -0.2) is 53.4 Å². The summed E-state index contributed by atoms with van der Waals surface area (Å²) in [7, 11) is 0. The topological polar surface area (TPSA) is 17.1 Å². The quantitative estimate of drug-likeness (QED) is 0.0806. The molecule has 0 aliphatic heterocycles. The van der Waals surface area contributed by atoms with Gasteiger partial charge in [-0.2, -0.15) is 74.6 Å². The molecule has 0 aliphatic rings. The number of alkyl halides is 17. The molecule has 18 heteroatoms. The number of rotatable bonds is 12. The van der Waals surface area contributed by atoms with Gasteiger partial charge in [0, 0.05) is 18.4 Å². The summed E-state index contributed by atoms with van der Waals surface area (Å²) in [6.45, 7) is 0. The standard InChI is InChI=1S/C27H17F17O/c28-20(29,21(30,31)22(32,33)23(34,35)24(36,37)25(38,39)26(40,41)27(42,43)44)12-6-5-11-18(45)19-16-9-3-1-7-14(16)13-15-8-2-4-10-17(15)19/h1-4,7-10,13H,5-6,11-12H2. The molecule has 0 unspecified atom stereocenters. The third-order valence-electron chi connectivity index (χ3n) is 6.98. The average molecular weight is 680 g/mol. The summed E-state index contributed by atoms with van der Waals surface area (Å²) in [4.78, 5) is 13.0. The zero-order valence-electron chi connectivity index (χ0n) is 21.9. The number of fused-ring (bicyclic) bond motifs is 2. The van der Waals surface area contributed by atoms with E-state index in [-0.39, 0.29) is 5.56 Å². The molecule has 0 amide bonds. The predicted molar refractivity (Wildman–Crippen MR) is 125 cm³/mol. The first-order valence-electron chi connectivity index (χ1n) is 12.4. The lowest BCUT2D eigenvalue weighted by Gasteiger charge is -2.42. The van der Waals surface area contributed by atoms with Crippen LogP contribution in [0.5, 0.6) is 0 Å². The molecule has 0 saturated carbocycles. The minimum atomic E-state index is -8.66. The largest absolute Gasteiger partial charge is 0.460 e. The summed E-state index contributed by atoms with van der Waals surface area (Å²) in [6.07, 6.45) is -13.3. The average Bonchev–Trinajstić information content (AvgIpc) is 2.92. The van der Waals surface area contributed by atoms with Gasteiger partial charge in [-0.3, -0.25) is 4.79 Å². The summed E-state index contributed by atoms with van der Waals surface area (Å²) in [6, 6.07) is 14.3. The van der Waals surface area contributed by atoms with Crippen LogP contribution >= 0.6 is 0 Å². The molecule has 0 radical (unpaired) electrons. The van der Waals surface area contributed by atoms with Gasteiger partial charge in [0.1, 0.15) is 0 Å². The summed E-state index contributed by atoms with van der Waals surface area (Å²) < 4.78 is 228. The SMILES string of the molecule is O=C(CCCCC(F)(F)C(F)(F)C(F)(F)C(F)(F)C(F)(F)C(F)(F)C(F)(F)C(F)(F)F)c1c2ccccc2cc2ccccc12. The number of carbonyl (C=O) groups excluding carboxylic acids is 1. The lowest BCUT2D eigenvalue weighted by molar-refractivity contribution is -0.461. The van der Waals surface area contributed by atoms with Gasteiger partial charge in [0.25, 0.3) is 0 Å². The fourth-order valence-corrected chi connectivity index (χ4v) is 4.43. The molecule has 0 N–H and O–H groups in total. The van der Waals surface area contributed by atoms with E-state index in [9.17, 15) is 79.4 Å². The van der Waals surface area contributed by atoms with Crippen LogP contribution in [0, 0.1) is 0 Å². The minimum Gasteiger partial charge on any atom is -0.294 e. The van der Waals surface area contributed by atoms with Crippen molar-refractivity contribution in [1.29, 1.82) is 0 Å². The molecule has 0 spiro atoms. The number of Topliss-reactive ketones (excluding diaryl/α,β-unsaturated/α-hetero) is 1. The smallest absolute Gasteiger partial charge is 0.294 e. The lowest BCUT2D eigenvalue weighted by Crippen LogP contribution is -2.74. The van der Waals surface area contributed by atoms with E-state index in [1.165, 1.54) is 24.3 Å². The highest BCUT2D eigenvalue weighted by Crippen LogP contribution is 2.64. The normalized spacial score (nSPS) is 14.8. The van der Waals surface area contributed by atoms with Crippen molar-refractivity contribution in [3.05, 3.63) is 60.2 Å². The van der Waals surface area contributed by atoms with Crippen molar-refractivity contribution in [1.82, 2.24) is 0 Å². The maximum absolute atomic E-state index is 14.2. The minimum absolute atomic E-state index is 0.0470. The second kappa shape index (κ2) is 11.2. The molecule has 0 atom stereocenters. The van der Waals surface area contributed by atoms with Crippen LogP contribution in [0.2, 0.25) is 0 Å². The number of halogens is 17. The van der Waals surface area contributed by atoms with Gasteiger partial charge >= 0.3 is 47.6 Å². The Morgan fingerprint density at radius 1 is 0.489 bits per heavy atom. The predicted octanol–water partition coefficient (Wildman–Crippen LogP) is 10.7. The van der Waals surface area contributed by atoms with Crippen LogP contribution in [0.15, 0.2) is 54.6 Å². The van der Waals surface area contributed by atoms with Gasteiger partial charge in [0.05, 0.1) is 0 Å². The van der Waals surface area contributed by atoms with E-state index in [4.69, 9.17) is 0 Å². The maximum atomic E-state index is 14.2. The van der Waals surface area contributed by atoms with Crippen molar-refractivity contribution < 1.29 is 79.4 Å². The first-order chi connectivity index (χ1) is 20.2. The molecule has 3 aromatic rings. The second-order valence-electron chi connectivity index (χ2n) is 9.97. The van der Waals surface area contributed by atoms with Crippen LogP contribution in [0.25, 0.3) is 21.5 Å². The highest BCUT2D eigenvalue weighted by molar-refractivity contribution is 6.18.